The second-order valence-electron chi connectivity index (χ2n) is 6.93. The molecule has 2 rings (SSSR count). The number of carbonyl (C=O) groups excluding carboxylic acids is 1. The van der Waals surface area contributed by atoms with Crippen LogP contribution in [0.15, 0.2) is 30.3 Å². The Kier molecular flexibility index (Phi) is 8.20. The lowest BCUT2D eigenvalue weighted by molar-refractivity contribution is -0.151. The van der Waals surface area contributed by atoms with Crippen molar-refractivity contribution in [2.75, 3.05) is 6.16 Å². The topological polar surface area (TPSA) is 61.8 Å². The first-order chi connectivity index (χ1) is 14.4. The van der Waals surface area contributed by atoms with Gasteiger partial charge in [-0.2, -0.15) is 8.78 Å². The van der Waals surface area contributed by atoms with Crippen LogP contribution in [0.3, 0.4) is 0 Å². The van der Waals surface area contributed by atoms with E-state index >= 15 is 0 Å². The van der Waals surface area contributed by atoms with Crippen molar-refractivity contribution in [3.05, 3.63) is 65.0 Å². The number of ether oxygens (including phenoxy) is 1. The Morgan fingerprint density at radius 3 is 1.94 bits per heavy atom. The van der Waals surface area contributed by atoms with Gasteiger partial charge in [0.05, 0.1) is 24.8 Å². The molecular weight excluding hydrogens is 446 g/mol. The van der Waals surface area contributed by atoms with E-state index in [1.807, 2.05) is 0 Å². The summed E-state index contributed by atoms with van der Waals surface area (Å²) in [5.74, 6) is -15.2. The van der Waals surface area contributed by atoms with E-state index in [0.717, 1.165) is 0 Å². The van der Waals surface area contributed by atoms with Crippen molar-refractivity contribution in [3.8, 4) is 5.75 Å². The molecule has 0 fully saturated rings. The molecule has 2 aromatic rings. The predicted molar refractivity (Wildman–Crippen MR) is 101 cm³/mol. The maximum Gasteiger partial charge on any atom is 0.380 e. The molecular formula is C20H20F5O5P. The van der Waals surface area contributed by atoms with Crippen LogP contribution in [-0.4, -0.2) is 18.2 Å². The van der Waals surface area contributed by atoms with Gasteiger partial charge in [0, 0.05) is 0 Å². The Bertz CT molecular complexity index is 955. The smallest absolute Gasteiger partial charge is 0.380 e. The summed E-state index contributed by atoms with van der Waals surface area (Å²) in [6.07, 6.45) is -1.24. The highest BCUT2D eigenvalue weighted by Crippen LogP contribution is 2.52. The van der Waals surface area contributed by atoms with Crippen LogP contribution in [0.1, 0.15) is 26.3 Å². The molecule has 0 N–H and O–H groups in total. The Morgan fingerprint density at radius 1 is 0.903 bits per heavy atom. The van der Waals surface area contributed by atoms with Gasteiger partial charge in [0.1, 0.15) is 0 Å². The van der Waals surface area contributed by atoms with E-state index < -0.39 is 66.6 Å². The minimum Gasteiger partial charge on any atom is -0.463 e. The standard InChI is InChI=1S/C20H20F5O5P/c1-11(2)29-20(26)12(3)10-31(27,28-9-13-7-5-4-6-8-13)30-19-17(24)15(22)14(21)16(23)18(19)25/h4-8,11-12H,9-10H2,1-3H3/t12-,31-/m0/s1. The minimum atomic E-state index is -4.61. The molecule has 0 radical (unpaired) electrons. The van der Waals surface area contributed by atoms with E-state index in [1.165, 1.54) is 6.92 Å². The second-order valence-corrected chi connectivity index (χ2v) is 8.96. The van der Waals surface area contributed by atoms with Gasteiger partial charge >= 0.3 is 13.6 Å². The Balaban J connectivity index is 2.38. The molecule has 0 unspecified atom stereocenters. The third-order valence-electron chi connectivity index (χ3n) is 3.92. The van der Waals surface area contributed by atoms with Crippen LogP contribution in [0.4, 0.5) is 22.0 Å². The van der Waals surface area contributed by atoms with Crippen molar-refractivity contribution in [3.63, 3.8) is 0 Å². The second kappa shape index (κ2) is 10.2. The lowest BCUT2D eigenvalue weighted by Crippen LogP contribution is -2.23. The molecule has 5 nitrogen and oxygen atoms in total. The van der Waals surface area contributed by atoms with E-state index in [2.05, 4.69) is 0 Å². The third kappa shape index (κ3) is 6.27. The Morgan fingerprint density at radius 2 is 1.42 bits per heavy atom. The highest BCUT2D eigenvalue weighted by molar-refractivity contribution is 7.54. The molecule has 31 heavy (non-hydrogen) atoms. The van der Waals surface area contributed by atoms with Gasteiger partial charge in [-0.1, -0.05) is 37.3 Å². The maximum absolute atomic E-state index is 14.0. The molecule has 0 spiro atoms. The van der Waals surface area contributed by atoms with Crippen LogP contribution >= 0.6 is 7.60 Å². The highest BCUT2D eigenvalue weighted by Gasteiger charge is 2.37. The fraction of sp³-hybridized carbons (Fsp3) is 0.350. The zero-order chi connectivity index (χ0) is 23.3. The molecule has 0 aromatic heterocycles. The Labute approximate surface area is 175 Å². The van der Waals surface area contributed by atoms with Gasteiger partial charge in [0.2, 0.25) is 34.8 Å². The summed E-state index contributed by atoms with van der Waals surface area (Å²) >= 11 is 0. The number of rotatable bonds is 9. The highest BCUT2D eigenvalue weighted by atomic mass is 31.2. The van der Waals surface area contributed by atoms with E-state index in [9.17, 15) is 31.3 Å². The van der Waals surface area contributed by atoms with Crippen LogP contribution in [0, 0.1) is 35.0 Å². The average molecular weight is 466 g/mol. The molecule has 0 aliphatic carbocycles. The number of hydrogen-bond donors (Lipinski definition) is 0. The third-order valence-corrected chi connectivity index (χ3v) is 5.90. The zero-order valence-corrected chi connectivity index (χ0v) is 17.7. The molecule has 0 aliphatic heterocycles. The van der Waals surface area contributed by atoms with Crippen LogP contribution in [-0.2, 0) is 25.2 Å². The largest absolute Gasteiger partial charge is 0.463 e. The van der Waals surface area contributed by atoms with Crippen molar-refractivity contribution < 1.29 is 45.1 Å². The van der Waals surface area contributed by atoms with E-state index in [1.54, 1.807) is 44.2 Å². The van der Waals surface area contributed by atoms with Gasteiger partial charge in [-0.3, -0.25) is 9.32 Å². The molecule has 170 valence electrons. The number of carbonyl (C=O) groups is 1. The fourth-order valence-electron chi connectivity index (χ4n) is 2.43. The quantitative estimate of drug-likeness (QED) is 0.155. The SMILES string of the molecule is CC(C)OC(=O)[C@@H](C)C[P@](=O)(OCc1ccccc1)Oc1c(F)c(F)c(F)c(F)c1F. The monoisotopic (exact) mass is 466 g/mol. The van der Waals surface area contributed by atoms with Crippen molar-refractivity contribution in [2.45, 2.75) is 33.5 Å². The van der Waals surface area contributed by atoms with E-state index in [-0.39, 0.29) is 6.61 Å². The predicted octanol–water partition coefficient (Wildman–Crippen LogP) is 5.76. The van der Waals surface area contributed by atoms with E-state index in [0.29, 0.717) is 5.56 Å². The normalized spacial score (nSPS) is 14.2. The van der Waals surface area contributed by atoms with Crippen molar-refractivity contribution >= 4 is 13.6 Å². The van der Waals surface area contributed by atoms with Gasteiger partial charge in [0.25, 0.3) is 0 Å². The molecule has 0 bridgehead atoms. The number of halogens is 5. The molecule has 0 saturated carbocycles. The van der Waals surface area contributed by atoms with Crippen LogP contribution < -0.4 is 4.52 Å². The van der Waals surface area contributed by atoms with Crippen LogP contribution in [0.25, 0.3) is 0 Å². The summed E-state index contributed by atoms with van der Waals surface area (Å²) in [7, 11) is -4.61. The average Bonchev–Trinajstić information content (AvgIpc) is 2.73. The van der Waals surface area contributed by atoms with Crippen molar-refractivity contribution in [1.29, 1.82) is 0 Å². The number of hydrogen-bond acceptors (Lipinski definition) is 5. The van der Waals surface area contributed by atoms with Crippen LogP contribution in [0.5, 0.6) is 5.75 Å². The molecule has 2 aromatic carbocycles. The lowest BCUT2D eigenvalue weighted by atomic mass is 10.2. The van der Waals surface area contributed by atoms with Crippen molar-refractivity contribution in [1.82, 2.24) is 0 Å². The van der Waals surface area contributed by atoms with E-state index in [4.69, 9.17) is 13.8 Å². The summed E-state index contributed by atoms with van der Waals surface area (Å²) in [5, 5.41) is 0. The first-order valence-corrected chi connectivity index (χ1v) is 10.9. The first-order valence-electron chi connectivity index (χ1n) is 9.14. The first kappa shape index (κ1) is 24.8. The minimum absolute atomic E-state index is 0.376. The lowest BCUT2D eigenvalue weighted by Gasteiger charge is -2.23. The summed E-state index contributed by atoms with van der Waals surface area (Å²) in [6, 6.07) is 8.13. The number of esters is 1. The summed E-state index contributed by atoms with van der Waals surface area (Å²) < 4.78 is 96.6. The molecule has 0 heterocycles. The summed E-state index contributed by atoms with van der Waals surface area (Å²) in [4.78, 5) is 12.1. The van der Waals surface area contributed by atoms with Gasteiger partial charge in [-0.25, -0.2) is 17.7 Å². The molecule has 0 saturated heterocycles. The zero-order valence-electron chi connectivity index (χ0n) is 16.8. The Hall–Kier alpha value is -2.45. The maximum atomic E-state index is 14.0. The van der Waals surface area contributed by atoms with Gasteiger partial charge < -0.3 is 9.26 Å². The molecule has 0 aliphatic rings. The summed E-state index contributed by atoms with van der Waals surface area (Å²) in [5.41, 5.74) is 0.487. The van der Waals surface area contributed by atoms with Gasteiger partial charge in [-0.05, 0) is 19.4 Å². The molecule has 11 heteroatoms. The number of benzene rings is 2. The van der Waals surface area contributed by atoms with Crippen LogP contribution in [0.2, 0.25) is 0 Å². The van der Waals surface area contributed by atoms with Gasteiger partial charge in [-0.15, -0.1) is 0 Å². The van der Waals surface area contributed by atoms with Gasteiger partial charge in [0.15, 0.2) is 0 Å². The van der Waals surface area contributed by atoms with Crippen molar-refractivity contribution in [2.24, 2.45) is 5.92 Å². The molecule has 0 amide bonds. The fourth-order valence-corrected chi connectivity index (χ4v) is 4.26. The summed E-state index contributed by atoms with van der Waals surface area (Å²) in [6.45, 7) is 4.06. The molecule has 2 atom stereocenters.